The van der Waals surface area contributed by atoms with Gasteiger partial charge in [-0.2, -0.15) is 0 Å². The molecule has 1 heterocycles. The van der Waals surface area contributed by atoms with Crippen molar-refractivity contribution in [2.75, 3.05) is 7.11 Å². The molecule has 0 amide bonds. The third-order valence-corrected chi connectivity index (χ3v) is 3.86. The van der Waals surface area contributed by atoms with Crippen LogP contribution in [0.4, 0.5) is 0 Å². The SMILES string of the molecule is COC1(Cc2nc3c(C(=O)O)cccc3o2)CCC1. The van der Waals surface area contributed by atoms with Crippen LogP contribution in [0.5, 0.6) is 0 Å². The highest BCUT2D eigenvalue weighted by Gasteiger charge is 2.38. The number of aromatic nitrogens is 1. The number of hydrogen-bond acceptors (Lipinski definition) is 4. The number of fused-ring (bicyclic) bond motifs is 1. The van der Waals surface area contributed by atoms with E-state index in [0.29, 0.717) is 23.4 Å². The molecule has 100 valence electrons. The Hall–Kier alpha value is -1.88. The molecule has 0 bridgehead atoms. The molecule has 5 nitrogen and oxygen atoms in total. The summed E-state index contributed by atoms with van der Waals surface area (Å²) in [6.45, 7) is 0. The summed E-state index contributed by atoms with van der Waals surface area (Å²) < 4.78 is 11.2. The van der Waals surface area contributed by atoms with E-state index in [-0.39, 0.29) is 11.2 Å². The molecule has 0 spiro atoms. The average Bonchev–Trinajstić information content (AvgIpc) is 2.75. The number of carbonyl (C=O) groups is 1. The van der Waals surface area contributed by atoms with Crippen molar-refractivity contribution in [2.24, 2.45) is 0 Å². The van der Waals surface area contributed by atoms with Crippen molar-refractivity contribution in [1.82, 2.24) is 4.98 Å². The third-order valence-electron chi connectivity index (χ3n) is 3.86. The second kappa shape index (κ2) is 4.35. The molecule has 3 rings (SSSR count). The fourth-order valence-corrected chi connectivity index (χ4v) is 2.54. The summed E-state index contributed by atoms with van der Waals surface area (Å²) in [5, 5.41) is 9.12. The number of rotatable bonds is 4. The van der Waals surface area contributed by atoms with Gasteiger partial charge in [-0.05, 0) is 31.4 Å². The maximum absolute atomic E-state index is 11.1. The zero-order valence-corrected chi connectivity index (χ0v) is 10.7. The molecule has 1 aromatic carbocycles. The van der Waals surface area contributed by atoms with Crippen LogP contribution in [-0.4, -0.2) is 28.8 Å². The van der Waals surface area contributed by atoms with Crippen molar-refractivity contribution in [3.63, 3.8) is 0 Å². The minimum atomic E-state index is -0.990. The summed E-state index contributed by atoms with van der Waals surface area (Å²) in [7, 11) is 1.70. The lowest BCUT2D eigenvalue weighted by Gasteiger charge is -2.39. The first-order valence-electron chi connectivity index (χ1n) is 6.30. The van der Waals surface area contributed by atoms with E-state index in [4.69, 9.17) is 14.3 Å². The van der Waals surface area contributed by atoms with Crippen LogP contribution in [0, 0.1) is 0 Å². The summed E-state index contributed by atoms with van der Waals surface area (Å²) in [4.78, 5) is 15.4. The Morgan fingerprint density at radius 3 is 2.89 bits per heavy atom. The lowest BCUT2D eigenvalue weighted by atomic mass is 9.77. The van der Waals surface area contributed by atoms with Gasteiger partial charge in [-0.3, -0.25) is 0 Å². The lowest BCUT2D eigenvalue weighted by Crippen LogP contribution is -2.41. The van der Waals surface area contributed by atoms with E-state index in [1.54, 1.807) is 19.2 Å². The monoisotopic (exact) mass is 261 g/mol. The van der Waals surface area contributed by atoms with Gasteiger partial charge in [0.1, 0.15) is 5.52 Å². The Morgan fingerprint density at radius 1 is 1.53 bits per heavy atom. The average molecular weight is 261 g/mol. The normalized spacial score (nSPS) is 17.3. The van der Waals surface area contributed by atoms with E-state index in [2.05, 4.69) is 4.98 Å². The second-order valence-corrected chi connectivity index (χ2v) is 4.98. The minimum Gasteiger partial charge on any atom is -0.478 e. The highest BCUT2D eigenvalue weighted by Crippen LogP contribution is 2.38. The van der Waals surface area contributed by atoms with Crippen LogP contribution in [0.25, 0.3) is 11.1 Å². The molecule has 0 atom stereocenters. The number of ether oxygens (including phenoxy) is 1. The Balaban J connectivity index is 1.98. The molecule has 1 aliphatic carbocycles. The van der Waals surface area contributed by atoms with Gasteiger partial charge < -0.3 is 14.3 Å². The largest absolute Gasteiger partial charge is 0.478 e. The number of methoxy groups -OCH3 is 1. The Morgan fingerprint density at radius 2 is 2.32 bits per heavy atom. The standard InChI is InChI=1S/C14H15NO4/c1-18-14(6-3-7-14)8-11-15-12-9(13(16)17)4-2-5-10(12)19-11/h2,4-5H,3,6-8H2,1H3,(H,16,17). The number of aromatic carboxylic acids is 1. The van der Waals surface area contributed by atoms with E-state index in [0.717, 1.165) is 19.3 Å². The van der Waals surface area contributed by atoms with E-state index in [1.807, 2.05) is 0 Å². The number of hydrogen-bond donors (Lipinski definition) is 1. The van der Waals surface area contributed by atoms with E-state index < -0.39 is 5.97 Å². The highest BCUT2D eigenvalue weighted by molar-refractivity contribution is 6.00. The first-order chi connectivity index (χ1) is 9.13. The van der Waals surface area contributed by atoms with Crippen LogP contribution in [0.15, 0.2) is 22.6 Å². The van der Waals surface area contributed by atoms with Crippen LogP contribution in [-0.2, 0) is 11.2 Å². The van der Waals surface area contributed by atoms with Gasteiger partial charge in [-0.1, -0.05) is 6.07 Å². The molecule has 1 N–H and O–H groups in total. The van der Waals surface area contributed by atoms with Gasteiger partial charge in [0.25, 0.3) is 0 Å². The second-order valence-electron chi connectivity index (χ2n) is 4.98. The molecule has 0 unspecified atom stereocenters. The van der Waals surface area contributed by atoms with Gasteiger partial charge in [-0.15, -0.1) is 0 Å². The maximum atomic E-state index is 11.1. The Kier molecular flexibility index (Phi) is 2.78. The molecule has 2 aromatic rings. The number of carboxylic acids is 1. The van der Waals surface area contributed by atoms with Crippen LogP contribution in [0.1, 0.15) is 35.5 Å². The predicted molar refractivity (Wildman–Crippen MR) is 68.3 cm³/mol. The van der Waals surface area contributed by atoms with Crippen LogP contribution in [0.3, 0.4) is 0 Å². The van der Waals surface area contributed by atoms with Crippen molar-refractivity contribution in [1.29, 1.82) is 0 Å². The smallest absolute Gasteiger partial charge is 0.338 e. The van der Waals surface area contributed by atoms with Gasteiger partial charge >= 0.3 is 5.97 Å². The fourth-order valence-electron chi connectivity index (χ4n) is 2.54. The molecule has 1 aliphatic rings. The minimum absolute atomic E-state index is 0.174. The van der Waals surface area contributed by atoms with Crippen molar-refractivity contribution in [3.05, 3.63) is 29.7 Å². The summed E-state index contributed by atoms with van der Waals surface area (Å²) in [6, 6.07) is 4.93. The van der Waals surface area contributed by atoms with Crippen LogP contribution in [0.2, 0.25) is 0 Å². The van der Waals surface area contributed by atoms with Gasteiger partial charge in [0, 0.05) is 7.11 Å². The fraction of sp³-hybridized carbons (Fsp3) is 0.429. The van der Waals surface area contributed by atoms with Crippen molar-refractivity contribution < 1.29 is 19.1 Å². The molecule has 1 fully saturated rings. The predicted octanol–water partition coefficient (Wildman–Crippen LogP) is 2.64. The quantitative estimate of drug-likeness (QED) is 0.915. The molecule has 1 saturated carbocycles. The Labute approximate surface area is 110 Å². The zero-order chi connectivity index (χ0) is 13.5. The van der Waals surface area contributed by atoms with Crippen LogP contribution < -0.4 is 0 Å². The van der Waals surface area contributed by atoms with Gasteiger partial charge in [0.15, 0.2) is 11.5 Å². The first-order valence-corrected chi connectivity index (χ1v) is 6.30. The lowest BCUT2D eigenvalue weighted by molar-refractivity contribution is -0.0743. The highest BCUT2D eigenvalue weighted by atomic mass is 16.5. The number of oxazole rings is 1. The van der Waals surface area contributed by atoms with Crippen molar-refractivity contribution in [2.45, 2.75) is 31.3 Å². The summed E-state index contributed by atoms with van der Waals surface area (Å²) >= 11 is 0. The molecular formula is C14H15NO4. The molecule has 1 aromatic heterocycles. The van der Waals surface area contributed by atoms with E-state index >= 15 is 0 Å². The number of benzene rings is 1. The maximum Gasteiger partial charge on any atom is 0.338 e. The zero-order valence-electron chi connectivity index (χ0n) is 10.7. The molecule has 0 saturated heterocycles. The summed E-state index contributed by atoms with van der Waals surface area (Å²) in [5.41, 5.74) is 0.924. The Bertz CT molecular complexity index is 622. The van der Waals surface area contributed by atoms with Crippen molar-refractivity contribution in [3.8, 4) is 0 Å². The van der Waals surface area contributed by atoms with Gasteiger partial charge in [0.05, 0.1) is 17.6 Å². The summed E-state index contributed by atoms with van der Waals surface area (Å²) in [5.74, 6) is -0.444. The molecule has 19 heavy (non-hydrogen) atoms. The first kappa shape index (κ1) is 12.2. The molecule has 5 heteroatoms. The molecule has 0 aliphatic heterocycles. The van der Waals surface area contributed by atoms with Gasteiger partial charge in [0.2, 0.25) is 0 Å². The van der Waals surface area contributed by atoms with Gasteiger partial charge in [-0.25, -0.2) is 9.78 Å². The number of para-hydroxylation sites is 1. The molecule has 0 radical (unpaired) electrons. The summed E-state index contributed by atoms with van der Waals surface area (Å²) in [6.07, 6.45) is 3.73. The topological polar surface area (TPSA) is 72.6 Å². The van der Waals surface area contributed by atoms with Crippen molar-refractivity contribution >= 4 is 17.1 Å². The van der Waals surface area contributed by atoms with Crippen LogP contribution >= 0.6 is 0 Å². The third kappa shape index (κ3) is 2.00. The van der Waals surface area contributed by atoms with E-state index in [1.165, 1.54) is 6.07 Å². The number of nitrogens with zero attached hydrogens (tertiary/aromatic N) is 1. The number of carboxylic acid groups (broad SMARTS) is 1. The molecular weight excluding hydrogens is 246 g/mol. The van der Waals surface area contributed by atoms with E-state index in [9.17, 15) is 4.79 Å².